The quantitative estimate of drug-likeness (QED) is 0.321. The molecule has 3 aromatic heterocycles. The van der Waals surface area contributed by atoms with E-state index in [2.05, 4.69) is 20.6 Å². The molecule has 1 aliphatic rings. The highest BCUT2D eigenvalue weighted by Crippen LogP contribution is 2.43. The summed E-state index contributed by atoms with van der Waals surface area (Å²) in [6, 6.07) is 7.92. The first kappa shape index (κ1) is 23.2. The molecule has 0 amide bonds. The molecule has 0 radical (unpaired) electrons. The van der Waals surface area contributed by atoms with Crippen LogP contribution in [0.5, 0.6) is 11.8 Å². The summed E-state index contributed by atoms with van der Waals surface area (Å²) in [6.45, 7) is 8.97. The summed E-state index contributed by atoms with van der Waals surface area (Å²) >= 11 is 7.61. The normalized spacial score (nSPS) is 18.5. The van der Waals surface area contributed by atoms with Gasteiger partial charge in [-0.1, -0.05) is 0 Å². The zero-order valence-electron chi connectivity index (χ0n) is 19.3. The molecule has 4 aromatic rings. The number of rotatable bonds is 4. The monoisotopic (exact) mass is 499 g/mol. The molecular formula is C24H26ClN5O3S. The summed E-state index contributed by atoms with van der Waals surface area (Å²) < 4.78 is 13.0. The van der Waals surface area contributed by atoms with E-state index in [0.29, 0.717) is 17.3 Å². The van der Waals surface area contributed by atoms with E-state index < -0.39 is 6.23 Å². The Hall–Kier alpha value is -2.56. The second-order valence-electron chi connectivity index (χ2n) is 9.32. The Morgan fingerprint density at radius 1 is 1.21 bits per heavy atom. The second kappa shape index (κ2) is 8.90. The lowest BCUT2D eigenvalue weighted by atomic mass is 10.1. The van der Waals surface area contributed by atoms with Gasteiger partial charge in [0.1, 0.15) is 6.23 Å². The number of nitrogens with zero attached hydrogens (tertiary/aromatic N) is 3. The zero-order chi connectivity index (χ0) is 24.0. The van der Waals surface area contributed by atoms with Crippen LogP contribution in [0.1, 0.15) is 44.4 Å². The first-order valence-corrected chi connectivity index (χ1v) is 12.2. The number of nitrogens with one attached hydrogen (secondary N) is 2. The van der Waals surface area contributed by atoms with Gasteiger partial charge < -0.3 is 19.9 Å². The molecule has 3 N–H and O–H groups in total. The van der Waals surface area contributed by atoms with Gasteiger partial charge in [0.15, 0.2) is 0 Å². The van der Waals surface area contributed by atoms with E-state index in [-0.39, 0.29) is 23.5 Å². The summed E-state index contributed by atoms with van der Waals surface area (Å²) in [6.07, 6.45) is 0.896. The van der Waals surface area contributed by atoms with E-state index >= 15 is 0 Å². The number of fused-ring (bicyclic) bond motifs is 5. The molecule has 5 rings (SSSR count). The van der Waals surface area contributed by atoms with E-state index in [1.54, 1.807) is 17.5 Å². The summed E-state index contributed by atoms with van der Waals surface area (Å²) in [5.41, 5.74) is 2.09. The Morgan fingerprint density at radius 3 is 2.82 bits per heavy atom. The number of aromatic nitrogens is 3. The first-order valence-electron chi connectivity index (χ1n) is 11.1. The third-order valence-corrected chi connectivity index (χ3v) is 6.85. The number of thiophene rings is 1. The number of hydrogen-bond donors (Lipinski definition) is 3. The van der Waals surface area contributed by atoms with Gasteiger partial charge in [-0.15, -0.1) is 11.3 Å². The number of pyridine rings is 1. The van der Waals surface area contributed by atoms with Gasteiger partial charge in [-0.3, -0.25) is 5.32 Å². The lowest BCUT2D eigenvalue weighted by Gasteiger charge is -2.20. The molecule has 8 nitrogen and oxygen atoms in total. The highest BCUT2D eigenvalue weighted by atomic mass is 35.5. The fourth-order valence-electron chi connectivity index (χ4n) is 3.84. The molecule has 34 heavy (non-hydrogen) atoms. The van der Waals surface area contributed by atoms with Gasteiger partial charge in [0, 0.05) is 40.3 Å². The Bertz CT molecular complexity index is 1370. The predicted molar refractivity (Wildman–Crippen MR) is 135 cm³/mol. The Morgan fingerprint density at radius 2 is 2.03 bits per heavy atom. The molecule has 0 bridgehead atoms. The van der Waals surface area contributed by atoms with Crippen molar-refractivity contribution in [3.05, 3.63) is 46.2 Å². The van der Waals surface area contributed by atoms with Crippen molar-refractivity contribution < 1.29 is 14.6 Å². The minimum atomic E-state index is -0.709. The van der Waals surface area contributed by atoms with Crippen molar-refractivity contribution in [3.63, 3.8) is 0 Å². The maximum absolute atomic E-state index is 10.6. The van der Waals surface area contributed by atoms with Gasteiger partial charge in [-0.2, -0.15) is 4.98 Å². The topological polar surface area (TPSA) is 101 Å². The molecule has 0 saturated heterocycles. The van der Waals surface area contributed by atoms with E-state index in [1.807, 2.05) is 52.0 Å². The zero-order valence-corrected chi connectivity index (χ0v) is 20.9. The van der Waals surface area contributed by atoms with Crippen molar-refractivity contribution in [3.8, 4) is 11.8 Å². The largest absolute Gasteiger partial charge is 0.420 e. The highest BCUT2D eigenvalue weighted by Gasteiger charge is 2.25. The van der Waals surface area contributed by atoms with Crippen LogP contribution in [-0.4, -0.2) is 38.2 Å². The van der Waals surface area contributed by atoms with Crippen molar-refractivity contribution in [2.75, 3.05) is 11.9 Å². The third-order valence-electron chi connectivity index (χ3n) is 5.46. The molecule has 0 aliphatic carbocycles. The van der Waals surface area contributed by atoms with Crippen molar-refractivity contribution >= 4 is 49.6 Å². The van der Waals surface area contributed by atoms with Gasteiger partial charge in [-0.05, 0) is 57.5 Å². The third kappa shape index (κ3) is 4.67. The van der Waals surface area contributed by atoms with Crippen LogP contribution in [0.4, 0.5) is 5.69 Å². The van der Waals surface area contributed by atoms with Crippen LogP contribution in [0, 0.1) is 0 Å². The number of anilines is 1. The van der Waals surface area contributed by atoms with Gasteiger partial charge in [-0.25, -0.2) is 9.97 Å². The van der Waals surface area contributed by atoms with Crippen LogP contribution < -0.4 is 15.4 Å². The van der Waals surface area contributed by atoms with Crippen LogP contribution in [0.25, 0.3) is 21.0 Å². The molecule has 0 fully saturated rings. The fraction of sp³-hybridized carbons (Fsp3) is 0.375. The maximum atomic E-state index is 10.6. The van der Waals surface area contributed by atoms with Crippen molar-refractivity contribution in [2.45, 2.75) is 52.2 Å². The summed E-state index contributed by atoms with van der Waals surface area (Å²) in [7, 11) is 0. The number of benzene rings is 1. The second-order valence-corrected chi connectivity index (χ2v) is 10.7. The van der Waals surface area contributed by atoms with Crippen molar-refractivity contribution in [2.24, 2.45) is 0 Å². The summed E-state index contributed by atoms with van der Waals surface area (Å²) in [5.74, 6) is 0.703. The molecular weight excluding hydrogens is 474 g/mol. The van der Waals surface area contributed by atoms with E-state index in [9.17, 15) is 5.11 Å². The maximum Gasteiger partial charge on any atom is 0.231 e. The molecule has 2 atom stereocenters. The molecule has 10 heteroatoms. The predicted octanol–water partition coefficient (Wildman–Crippen LogP) is 5.39. The summed E-state index contributed by atoms with van der Waals surface area (Å²) in [4.78, 5) is 13.9. The average molecular weight is 500 g/mol. The number of aliphatic hydroxyl groups excluding tert-OH is 1. The van der Waals surface area contributed by atoms with Crippen LogP contribution >= 0.6 is 22.9 Å². The molecule has 0 saturated carbocycles. The van der Waals surface area contributed by atoms with E-state index in [0.717, 1.165) is 38.1 Å². The smallest absolute Gasteiger partial charge is 0.231 e. The lowest BCUT2D eigenvalue weighted by molar-refractivity contribution is -0.0158. The van der Waals surface area contributed by atoms with Crippen LogP contribution in [0.2, 0.25) is 5.28 Å². The number of ether oxygens (including phenoxy) is 2. The van der Waals surface area contributed by atoms with Crippen LogP contribution in [0.15, 0.2) is 30.5 Å². The molecule has 0 spiro atoms. The number of aliphatic hydroxyl groups is 1. The SMILES string of the molecule is C[C@@H]1CNc2c(sc3ccc4nc(Oc5nc(Cl)ncc5COC(C)(C)C)ccc4c23)C(O)N1. The standard InChI is InChI=1S/C24H26ClN5O3S/c1-12-9-26-19-18-14-5-8-17(29-15(14)6-7-16(18)34-20(19)21(31)28-12)33-22-13(10-27-23(25)30-22)11-32-24(2,3)4/h5-8,10,12,21,26,28,31H,9,11H2,1-4H3/t12-,21?/m1/s1. The molecule has 1 aromatic carbocycles. The molecule has 4 heterocycles. The number of hydrogen-bond acceptors (Lipinski definition) is 9. The minimum Gasteiger partial charge on any atom is -0.420 e. The van der Waals surface area contributed by atoms with Crippen molar-refractivity contribution in [1.29, 1.82) is 0 Å². The summed E-state index contributed by atoms with van der Waals surface area (Å²) in [5, 5.41) is 19.5. The van der Waals surface area contributed by atoms with Crippen LogP contribution in [-0.2, 0) is 11.3 Å². The van der Waals surface area contributed by atoms with Crippen molar-refractivity contribution in [1.82, 2.24) is 20.3 Å². The molecule has 1 aliphatic heterocycles. The minimum absolute atomic E-state index is 0.0884. The average Bonchev–Trinajstić information content (AvgIpc) is 3.09. The molecule has 1 unspecified atom stereocenters. The first-order chi connectivity index (χ1) is 16.2. The van der Waals surface area contributed by atoms with E-state index in [4.69, 9.17) is 26.1 Å². The molecule has 178 valence electrons. The Kier molecular flexibility index (Phi) is 6.07. The Labute approximate surface area is 206 Å². The van der Waals surface area contributed by atoms with Crippen LogP contribution in [0.3, 0.4) is 0 Å². The fourth-order valence-corrected chi connectivity index (χ4v) is 5.11. The van der Waals surface area contributed by atoms with Gasteiger partial charge in [0.05, 0.1) is 33.9 Å². The lowest BCUT2D eigenvalue weighted by Crippen LogP contribution is -2.32. The van der Waals surface area contributed by atoms with E-state index in [1.165, 1.54) is 0 Å². The van der Waals surface area contributed by atoms with Gasteiger partial charge in [0.2, 0.25) is 17.0 Å². The Balaban J connectivity index is 1.51. The van der Waals surface area contributed by atoms with Gasteiger partial charge >= 0.3 is 0 Å². The number of halogens is 1. The van der Waals surface area contributed by atoms with Gasteiger partial charge in [0.25, 0.3) is 0 Å². The highest BCUT2D eigenvalue weighted by molar-refractivity contribution is 7.20.